The number of rotatable bonds is 4. The number of nitrogens with one attached hydrogen (secondary N) is 1. The van der Waals surface area contributed by atoms with Crippen LogP contribution in [-0.2, 0) is 11.5 Å². The molecule has 0 unspecified atom stereocenters. The van der Waals surface area contributed by atoms with Crippen LogP contribution in [0.1, 0.15) is 18.9 Å². The normalized spacial score (nSPS) is 9.73. The number of hydrogen-bond donors (Lipinski definition) is 1. The van der Waals surface area contributed by atoms with Crippen molar-refractivity contribution in [2.45, 2.75) is 27.0 Å². The van der Waals surface area contributed by atoms with E-state index in [9.17, 15) is 9.59 Å². The number of ether oxygens (including phenoxy) is 1. The quantitative estimate of drug-likeness (QED) is 0.323. The second-order valence-electron chi connectivity index (χ2n) is 2.96. The van der Waals surface area contributed by atoms with E-state index in [4.69, 9.17) is 4.74 Å². The van der Waals surface area contributed by atoms with Crippen LogP contribution in [0.5, 0.6) is 0 Å². The van der Waals surface area contributed by atoms with Crippen molar-refractivity contribution in [1.29, 1.82) is 0 Å². The molecule has 1 rings (SSSR count). The third-order valence-electron chi connectivity index (χ3n) is 1.68. The van der Waals surface area contributed by atoms with Gasteiger partial charge in [0.1, 0.15) is 12.3 Å². The average Bonchev–Trinajstić information content (AvgIpc) is 2.14. The molecular formula is C9H13LiN2O3. The predicted molar refractivity (Wildman–Crippen MR) is 51.1 cm³/mol. The first-order chi connectivity index (χ1) is 6.65. The summed E-state index contributed by atoms with van der Waals surface area (Å²) in [6.45, 7) is 4.28. The summed E-state index contributed by atoms with van der Waals surface area (Å²) in [5.41, 5.74) is -0.511. The first-order valence-corrected chi connectivity index (χ1v) is 4.46. The SMILES string of the molecule is CCCOCn1[c-]c(C)c(=O)[nH]c1=O.[Li+]. The molecule has 0 spiro atoms. The molecule has 1 N–H and O–H groups in total. The fraction of sp³-hybridized carbons (Fsp3) is 0.556. The Morgan fingerprint density at radius 1 is 1.47 bits per heavy atom. The van der Waals surface area contributed by atoms with Crippen LogP contribution in [0.25, 0.3) is 0 Å². The Morgan fingerprint density at radius 2 is 2.13 bits per heavy atom. The number of hydrogen-bond acceptors (Lipinski definition) is 3. The van der Waals surface area contributed by atoms with Crippen LogP contribution in [0.2, 0.25) is 0 Å². The third-order valence-corrected chi connectivity index (χ3v) is 1.68. The predicted octanol–water partition coefficient (Wildman–Crippen LogP) is -2.97. The molecule has 0 aliphatic heterocycles. The molecule has 0 saturated carbocycles. The van der Waals surface area contributed by atoms with Gasteiger partial charge in [0.05, 0.1) is 0 Å². The van der Waals surface area contributed by atoms with Crippen LogP contribution in [0.15, 0.2) is 9.59 Å². The minimum absolute atomic E-state index is 0. The molecule has 0 bridgehead atoms. The molecule has 0 radical (unpaired) electrons. The number of aromatic nitrogens is 2. The van der Waals surface area contributed by atoms with E-state index < -0.39 is 11.2 Å². The van der Waals surface area contributed by atoms with Gasteiger partial charge in [0.25, 0.3) is 0 Å². The van der Waals surface area contributed by atoms with Crippen LogP contribution in [0.3, 0.4) is 0 Å². The molecule has 1 aromatic rings. The Bertz CT molecular complexity index is 411. The van der Waals surface area contributed by atoms with Crippen molar-refractivity contribution in [3.63, 3.8) is 0 Å². The van der Waals surface area contributed by atoms with E-state index in [1.807, 2.05) is 6.92 Å². The largest absolute Gasteiger partial charge is 1.00 e. The van der Waals surface area contributed by atoms with E-state index in [1.165, 1.54) is 4.57 Å². The molecular weight excluding hydrogens is 191 g/mol. The van der Waals surface area contributed by atoms with E-state index in [2.05, 4.69) is 11.2 Å². The van der Waals surface area contributed by atoms with E-state index in [0.29, 0.717) is 12.2 Å². The van der Waals surface area contributed by atoms with Crippen molar-refractivity contribution in [1.82, 2.24) is 9.55 Å². The minimum Gasteiger partial charge on any atom is -0.388 e. The summed E-state index contributed by atoms with van der Waals surface area (Å²) in [5, 5.41) is 0. The average molecular weight is 204 g/mol. The Labute approximate surface area is 99.6 Å². The smallest absolute Gasteiger partial charge is 0.388 e. The van der Waals surface area contributed by atoms with Crippen LogP contribution >= 0.6 is 0 Å². The fourth-order valence-corrected chi connectivity index (χ4v) is 0.953. The van der Waals surface area contributed by atoms with Crippen molar-refractivity contribution in [3.8, 4) is 0 Å². The summed E-state index contributed by atoms with van der Waals surface area (Å²) >= 11 is 0. The van der Waals surface area contributed by atoms with Crippen molar-refractivity contribution >= 4 is 0 Å². The molecule has 0 amide bonds. The van der Waals surface area contributed by atoms with Gasteiger partial charge >= 0.3 is 18.9 Å². The van der Waals surface area contributed by atoms with E-state index >= 15 is 0 Å². The third kappa shape index (κ3) is 4.08. The van der Waals surface area contributed by atoms with Crippen LogP contribution in [-0.4, -0.2) is 16.2 Å². The second kappa shape index (κ2) is 6.67. The number of nitrogens with zero attached hydrogens (tertiary/aromatic N) is 1. The number of aromatic amines is 1. The molecule has 1 heterocycles. The standard InChI is InChI=1S/C9H13N2O3.Li/c1-3-4-14-6-11-5-7(2)8(12)10-9(11)13;/h3-4,6H2,1-2H3,(H,10,12,13);/q-1;+1. The molecule has 0 aliphatic carbocycles. The van der Waals surface area contributed by atoms with Crippen LogP contribution < -0.4 is 30.1 Å². The second-order valence-corrected chi connectivity index (χ2v) is 2.96. The Kier molecular flexibility index (Phi) is 6.33. The van der Waals surface area contributed by atoms with Crippen molar-refractivity contribution in [3.05, 3.63) is 32.6 Å². The minimum atomic E-state index is -0.489. The zero-order valence-corrected chi connectivity index (χ0v) is 9.29. The molecule has 15 heavy (non-hydrogen) atoms. The van der Waals surface area contributed by atoms with E-state index in [0.717, 1.165) is 6.42 Å². The van der Waals surface area contributed by atoms with Gasteiger partial charge in [-0.3, -0.25) is 0 Å². The topological polar surface area (TPSA) is 64.1 Å². The van der Waals surface area contributed by atoms with Gasteiger partial charge in [-0.25, -0.2) is 0 Å². The molecule has 0 aliphatic rings. The van der Waals surface area contributed by atoms with Gasteiger partial charge in [0.2, 0.25) is 5.69 Å². The Hall–Kier alpha value is -0.763. The Morgan fingerprint density at radius 3 is 2.73 bits per heavy atom. The van der Waals surface area contributed by atoms with E-state index in [-0.39, 0.29) is 25.6 Å². The summed E-state index contributed by atoms with van der Waals surface area (Å²) < 4.78 is 6.37. The summed E-state index contributed by atoms with van der Waals surface area (Å²) in [6.07, 6.45) is 3.52. The maximum Gasteiger partial charge on any atom is 1.00 e. The molecule has 0 atom stereocenters. The monoisotopic (exact) mass is 204 g/mol. The fourth-order valence-electron chi connectivity index (χ4n) is 0.953. The van der Waals surface area contributed by atoms with Gasteiger partial charge in [-0.2, -0.15) is 0 Å². The molecule has 6 heteroatoms. The van der Waals surface area contributed by atoms with Gasteiger partial charge in [-0.05, 0) is 6.42 Å². The molecule has 0 fully saturated rings. The van der Waals surface area contributed by atoms with Gasteiger partial charge in [-0.15, -0.1) is 0 Å². The molecule has 1 aromatic heterocycles. The maximum atomic E-state index is 11.2. The number of aryl methyl sites for hydroxylation is 1. The summed E-state index contributed by atoms with van der Waals surface area (Å²) in [6, 6.07) is 0. The van der Waals surface area contributed by atoms with Crippen molar-refractivity contribution in [2.24, 2.45) is 0 Å². The van der Waals surface area contributed by atoms with Crippen LogP contribution in [0.4, 0.5) is 0 Å². The van der Waals surface area contributed by atoms with Crippen LogP contribution in [0, 0.1) is 13.1 Å². The molecule has 5 nitrogen and oxygen atoms in total. The summed E-state index contributed by atoms with van der Waals surface area (Å²) in [7, 11) is 0. The molecule has 0 saturated heterocycles. The summed E-state index contributed by atoms with van der Waals surface area (Å²) in [5.74, 6) is 0. The molecule has 78 valence electrons. The zero-order chi connectivity index (χ0) is 10.6. The van der Waals surface area contributed by atoms with Crippen molar-refractivity contribution < 1.29 is 23.6 Å². The maximum absolute atomic E-state index is 11.2. The summed E-state index contributed by atoms with van der Waals surface area (Å²) in [4.78, 5) is 24.3. The van der Waals surface area contributed by atoms with Gasteiger partial charge < -0.3 is 23.9 Å². The molecule has 0 aromatic carbocycles. The first kappa shape index (κ1) is 14.2. The first-order valence-electron chi connectivity index (χ1n) is 4.46. The van der Waals surface area contributed by atoms with E-state index in [1.54, 1.807) is 6.92 Å². The van der Waals surface area contributed by atoms with Gasteiger partial charge in [0.15, 0.2) is 0 Å². The Balaban J connectivity index is 0.00000196. The van der Waals surface area contributed by atoms with Crippen molar-refractivity contribution in [2.75, 3.05) is 6.61 Å². The van der Waals surface area contributed by atoms with Gasteiger partial charge in [-0.1, -0.05) is 25.6 Å². The zero-order valence-electron chi connectivity index (χ0n) is 9.29. The number of H-pyrrole nitrogens is 1. The van der Waals surface area contributed by atoms with Gasteiger partial charge in [0, 0.05) is 6.61 Å².